The van der Waals surface area contributed by atoms with Gasteiger partial charge in [0.25, 0.3) is 0 Å². The Balaban J connectivity index is 2.15. The molecule has 0 radical (unpaired) electrons. The predicted octanol–water partition coefficient (Wildman–Crippen LogP) is 3.64. The minimum Gasteiger partial charge on any atom is -0.481 e. The normalized spacial score (nSPS) is 10.2. The summed E-state index contributed by atoms with van der Waals surface area (Å²) in [5.74, 6) is -1.39. The molecule has 0 heterocycles. The zero-order valence-electron chi connectivity index (χ0n) is 11.5. The molecule has 0 aliphatic heterocycles. The molecule has 0 spiro atoms. The fourth-order valence-corrected chi connectivity index (χ4v) is 1.87. The first-order chi connectivity index (χ1) is 9.99. The van der Waals surface area contributed by atoms with E-state index in [1.807, 2.05) is 0 Å². The van der Waals surface area contributed by atoms with Crippen molar-refractivity contribution in [3.8, 4) is 0 Å². The number of carbonyl (C=O) groups is 2. The summed E-state index contributed by atoms with van der Waals surface area (Å²) in [5.41, 5.74) is 0.0679. The Morgan fingerprint density at radius 3 is 2.57 bits per heavy atom. The summed E-state index contributed by atoms with van der Waals surface area (Å²) in [4.78, 5) is 21.8. The van der Waals surface area contributed by atoms with Crippen molar-refractivity contribution in [1.82, 2.24) is 5.32 Å². The molecule has 0 saturated carbocycles. The van der Waals surface area contributed by atoms with Gasteiger partial charge >= 0.3 is 12.0 Å². The molecule has 0 bridgehead atoms. The number of nitrogens with one attached hydrogen (secondary N) is 2. The number of rotatable bonds is 8. The number of hydrogen-bond acceptors (Lipinski definition) is 2. The minimum absolute atomic E-state index is 0.0679. The SMILES string of the molecule is O=C(O)CCCCCCNC(=O)Nc1ccc(Cl)cc1F. The van der Waals surface area contributed by atoms with Crippen molar-refractivity contribution < 1.29 is 19.1 Å². The van der Waals surface area contributed by atoms with Gasteiger partial charge in [0.05, 0.1) is 5.69 Å². The Hall–Kier alpha value is -1.82. The Bertz CT molecular complexity index is 497. The van der Waals surface area contributed by atoms with Crippen LogP contribution in [0.1, 0.15) is 32.1 Å². The van der Waals surface area contributed by atoms with E-state index >= 15 is 0 Å². The molecule has 0 unspecified atom stereocenters. The number of carbonyl (C=O) groups excluding carboxylic acids is 1. The monoisotopic (exact) mass is 316 g/mol. The molecule has 7 heteroatoms. The summed E-state index contributed by atoms with van der Waals surface area (Å²) in [7, 11) is 0. The molecule has 116 valence electrons. The third-order valence-corrected chi connectivity index (χ3v) is 3.02. The van der Waals surface area contributed by atoms with E-state index in [0.29, 0.717) is 13.0 Å². The summed E-state index contributed by atoms with van der Waals surface area (Å²) >= 11 is 5.61. The van der Waals surface area contributed by atoms with Gasteiger partial charge in [-0.3, -0.25) is 4.79 Å². The zero-order chi connectivity index (χ0) is 15.7. The lowest BCUT2D eigenvalue weighted by Crippen LogP contribution is -2.29. The largest absolute Gasteiger partial charge is 0.481 e. The lowest BCUT2D eigenvalue weighted by atomic mass is 10.1. The average molecular weight is 317 g/mol. The van der Waals surface area contributed by atoms with Crippen LogP contribution in [0.15, 0.2) is 18.2 Å². The first kappa shape index (κ1) is 17.2. The van der Waals surface area contributed by atoms with E-state index in [2.05, 4.69) is 10.6 Å². The van der Waals surface area contributed by atoms with Gasteiger partial charge in [0, 0.05) is 18.0 Å². The average Bonchev–Trinajstić information content (AvgIpc) is 2.40. The number of urea groups is 1. The highest BCUT2D eigenvalue weighted by Crippen LogP contribution is 2.18. The van der Waals surface area contributed by atoms with Crippen LogP contribution < -0.4 is 10.6 Å². The molecule has 1 rings (SSSR count). The van der Waals surface area contributed by atoms with E-state index in [9.17, 15) is 14.0 Å². The van der Waals surface area contributed by atoms with Crippen LogP contribution in [-0.4, -0.2) is 23.7 Å². The maximum absolute atomic E-state index is 13.4. The van der Waals surface area contributed by atoms with E-state index in [1.165, 1.54) is 12.1 Å². The smallest absolute Gasteiger partial charge is 0.319 e. The fourth-order valence-electron chi connectivity index (χ4n) is 1.71. The van der Waals surface area contributed by atoms with Crippen LogP contribution in [-0.2, 0) is 4.79 Å². The number of halogens is 2. The van der Waals surface area contributed by atoms with Gasteiger partial charge in [-0.1, -0.05) is 24.4 Å². The molecule has 0 aromatic heterocycles. The number of anilines is 1. The molecule has 21 heavy (non-hydrogen) atoms. The number of carboxylic acids is 1. The van der Waals surface area contributed by atoms with Crippen LogP contribution in [0.2, 0.25) is 5.02 Å². The second-order valence-electron chi connectivity index (χ2n) is 4.56. The summed E-state index contributed by atoms with van der Waals surface area (Å²) in [6.45, 7) is 0.452. The van der Waals surface area contributed by atoms with Crippen LogP contribution >= 0.6 is 11.6 Å². The topological polar surface area (TPSA) is 78.4 Å². The van der Waals surface area contributed by atoms with Gasteiger partial charge in [-0.05, 0) is 31.0 Å². The standard InChI is InChI=1S/C14H18ClFN2O3/c15-10-6-7-12(11(16)9-10)18-14(21)17-8-4-2-1-3-5-13(19)20/h6-7,9H,1-5,8H2,(H,19,20)(H2,17,18,21). The maximum atomic E-state index is 13.4. The van der Waals surface area contributed by atoms with Gasteiger partial charge in [-0.25, -0.2) is 9.18 Å². The fraction of sp³-hybridized carbons (Fsp3) is 0.429. The molecule has 1 aromatic carbocycles. The summed E-state index contributed by atoms with van der Waals surface area (Å²) in [5, 5.41) is 13.7. The zero-order valence-corrected chi connectivity index (χ0v) is 12.3. The molecule has 0 atom stereocenters. The van der Waals surface area contributed by atoms with Gasteiger partial charge in [-0.2, -0.15) is 0 Å². The third-order valence-electron chi connectivity index (χ3n) is 2.78. The summed E-state index contributed by atoms with van der Waals surface area (Å²) < 4.78 is 13.4. The Labute approximate surface area is 127 Å². The van der Waals surface area contributed by atoms with E-state index in [1.54, 1.807) is 0 Å². The number of carboxylic acid groups (broad SMARTS) is 1. The molecule has 1 aromatic rings. The lowest BCUT2D eigenvalue weighted by Gasteiger charge is -2.08. The highest BCUT2D eigenvalue weighted by molar-refractivity contribution is 6.30. The van der Waals surface area contributed by atoms with Crippen LogP contribution in [0.4, 0.5) is 14.9 Å². The van der Waals surface area contributed by atoms with Crippen LogP contribution in [0.5, 0.6) is 0 Å². The second kappa shape index (κ2) is 9.18. The van der Waals surface area contributed by atoms with Gasteiger partial charge in [0.15, 0.2) is 0 Å². The number of amides is 2. The van der Waals surface area contributed by atoms with E-state index in [0.717, 1.165) is 25.3 Å². The summed E-state index contributed by atoms with van der Waals surface area (Å²) in [6.07, 6.45) is 3.20. The van der Waals surface area contributed by atoms with E-state index < -0.39 is 17.8 Å². The number of benzene rings is 1. The first-order valence-corrected chi connectivity index (χ1v) is 7.08. The van der Waals surface area contributed by atoms with Crippen LogP contribution in [0, 0.1) is 5.82 Å². The predicted molar refractivity (Wildman–Crippen MR) is 79.2 cm³/mol. The van der Waals surface area contributed by atoms with Gasteiger partial charge in [0.1, 0.15) is 5.82 Å². The molecule has 0 fully saturated rings. The third kappa shape index (κ3) is 7.51. The number of hydrogen-bond donors (Lipinski definition) is 3. The molecule has 0 aliphatic carbocycles. The van der Waals surface area contributed by atoms with Gasteiger partial charge < -0.3 is 15.7 Å². The lowest BCUT2D eigenvalue weighted by molar-refractivity contribution is -0.137. The number of aliphatic carboxylic acids is 1. The van der Waals surface area contributed by atoms with Crippen molar-refractivity contribution in [3.05, 3.63) is 29.0 Å². The molecular formula is C14H18ClFN2O3. The summed E-state index contributed by atoms with van der Waals surface area (Å²) in [6, 6.07) is 3.52. The Morgan fingerprint density at radius 2 is 1.90 bits per heavy atom. The second-order valence-corrected chi connectivity index (χ2v) is 5.00. The first-order valence-electron chi connectivity index (χ1n) is 6.70. The van der Waals surface area contributed by atoms with Gasteiger partial charge in [0.2, 0.25) is 0 Å². The van der Waals surface area contributed by atoms with Crippen LogP contribution in [0.3, 0.4) is 0 Å². The minimum atomic E-state index is -0.794. The molecule has 0 saturated heterocycles. The maximum Gasteiger partial charge on any atom is 0.319 e. The van der Waals surface area contributed by atoms with E-state index in [-0.39, 0.29) is 17.1 Å². The van der Waals surface area contributed by atoms with Crippen molar-refractivity contribution in [2.75, 3.05) is 11.9 Å². The molecule has 0 aliphatic rings. The molecule has 2 amide bonds. The quantitative estimate of drug-likeness (QED) is 0.641. The van der Waals surface area contributed by atoms with Crippen molar-refractivity contribution in [3.63, 3.8) is 0 Å². The molecule has 3 N–H and O–H groups in total. The highest BCUT2D eigenvalue weighted by Gasteiger charge is 2.06. The highest BCUT2D eigenvalue weighted by atomic mass is 35.5. The van der Waals surface area contributed by atoms with Crippen molar-refractivity contribution >= 4 is 29.3 Å². The van der Waals surface area contributed by atoms with Crippen molar-refractivity contribution in [2.24, 2.45) is 0 Å². The van der Waals surface area contributed by atoms with E-state index in [4.69, 9.17) is 16.7 Å². The number of unbranched alkanes of at least 4 members (excludes halogenated alkanes) is 3. The molecular weight excluding hydrogens is 299 g/mol. The Morgan fingerprint density at radius 1 is 1.19 bits per heavy atom. The Kier molecular flexibility index (Phi) is 7.53. The molecule has 5 nitrogen and oxygen atoms in total. The van der Waals surface area contributed by atoms with Crippen molar-refractivity contribution in [2.45, 2.75) is 32.1 Å². The van der Waals surface area contributed by atoms with Crippen molar-refractivity contribution in [1.29, 1.82) is 0 Å². The van der Waals surface area contributed by atoms with Gasteiger partial charge in [-0.15, -0.1) is 0 Å². The van der Waals surface area contributed by atoms with Crippen LogP contribution in [0.25, 0.3) is 0 Å².